The third-order valence-electron chi connectivity index (χ3n) is 3.82. The minimum atomic E-state index is -3.24. The van der Waals surface area contributed by atoms with E-state index in [2.05, 4.69) is 0 Å². The quantitative estimate of drug-likeness (QED) is 0.593. The zero-order valence-corrected chi connectivity index (χ0v) is 14.5. The van der Waals surface area contributed by atoms with Crippen molar-refractivity contribution in [2.75, 3.05) is 38.6 Å². The van der Waals surface area contributed by atoms with Crippen molar-refractivity contribution in [2.24, 2.45) is 0 Å². The average Bonchev–Trinajstić information content (AvgIpc) is 2.52. The summed E-state index contributed by atoms with van der Waals surface area (Å²) in [6.45, 7) is 4.03. The fourth-order valence-corrected chi connectivity index (χ4v) is 3.70. The van der Waals surface area contributed by atoms with Crippen LogP contribution in [0.2, 0.25) is 0 Å². The molecule has 0 aliphatic carbocycles. The van der Waals surface area contributed by atoms with E-state index in [1.165, 1.54) is 9.21 Å². The molecule has 9 heteroatoms. The number of ether oxygens (including phenoxy) is 1. The molecule has 1 aliphatic heterocycles. The lowest BCUT2D eigenvalue weighted by molar-refractivity contribution is -0.149. The Morgan fingerprint density at radius 3 is 2.35 bits per heavy atom. The summed E-state index contributed by atoms with van der Waals surface area (Å²) < 4.78 is 30.3. The molecule has 0 aromatic rings. The molecule has 1 saturated heterocycles. The fourth-order valence-electron chi connectivity index (χ4n) is 2.57. The number of carboxylic acid groups (broad SMARTS) is 1. The molecule has 23 heavy (non-hydrogen) atoms. The molecule has 0 radical (unpaired) electrons. The molecule has 0 saturated carbocycles. The van der Waals surface area contributed by atoms with Crippen molar-refractivity contribution in [2.45, 2.75) is 39.2 Å². The van der Waals surface area contributed by atoms with Crippen LogP contribution in [0, 0.1) is 0 Å². The number of rotatable bonds is 9. The largest absolute Gasteiger partial charge is 0.480 e. The Kier molecular flexibility index (Phi) is 7.93. The van der Waals surface area contributed by atoms with Crippen LogP contribution in [0.1, 0.15) is 33.1 Å². The zero-order valence-electron chi connectivity index (χ0n) is 13.7. The Morgan fingerprint density at radius 2 is 1.87 bits per heavy atom. The predicted molar refractivity (Wildman–Crippen MR) is 84.5 cm³/mol. The molecule has 0 spiro atoms. The van der Waals surface area contributed by atoms with Crippen molar-refractivity contribution in [1.29, 1.82) is 0 Å². The average molecular weight is 350 g/mol. The van der Waals surface area contributed by atoms with E-state index in [4.69, 9.17) is 9.84 Å². The molecule has 1 rings (SSSR count). The molecule has 1 N–H and O–H groups in total. The Hall–Kier alpha value is -1.19. The summed E-state index contributed by atoms with van der Waals surface area (Å²) in [7, 11) is -3.24. The maximum absolute atomic E-state index is 12.2. The first kappa shape index (κ1) is 19.9. The minimum absolute atomic E-state index is 0.0420. The highest BCUT2D eigenvalue weighted by Gasteiger charge is 2.32. The van der Waals surface area contributed by atoms with Crippen LogP contribution in [0.5, 0.6) is 0 Å². The summed E-state index contributed by atoms with van der Waals surface area (Å²) in [5.41, 5.74) is 0. The van der Waals surface area contributed by atoms with Gasteiger partial charge >= 0.3 is 5.97 Å². The highest BCUT2D eigenvalue weighted by molar-refractivity contribution is 7.89. The van der Waals surface area contributed by atoms with Gasteiger partial charge in [0.1, 0.15) is 13.2 Å². The van der Waals surface area contributed by atoms with E-state index in [1.807, 2.05) is 6.92 Å². The van der Waals surface area contributed by atoms with Gasteiger partial charge in [0.2, 0.25) is 15.9 Å². The molecule has 0 atom stereocenters. The van der Waals surface area contributed by atoms with Gasteiger partial charge in [-0.3, -0.25) is 9.59 Å². The molecule has 0 aromatic heterocycles. The second-order valence-corrected chi connectivity index (χ2v) is 7.76. The first-order chi connectivity index (χ1) is 10.8. The molecule has 8 nitrogen and oxygen atoms in total. The van der Waals surface area contributed by atoms with Crippen molar-refractivity contribution in [3.8, 4) is 0 Å². The summed E-state index contributed by atoms with van der Waals surface area (Å²) >= 11 is 0. The molecule has 1 heterocycles. The molecular weight excluding hydrogens is 324 g/mol. The fraction of sp³-hybridized carbons (Fsp3) is 0.857. The van der Waals surface area contributed by atoms with Gasteiger partial charge in [-0.15, -0.1) is 0 Å². The first-order valence-corrected chi connectivity index (χ1v) is 9.49. The maximum atomic E-state index is 12.2. The van der Waals surface area contributed by atoms with Crippen LogP contribution in [0.3, 0.4) is 0 Å². The molecule has 0 bridgehead atoms. The van der Waals surface area contributed by atoms with Crippen LogP contribution < -0.4 is 0 Å². The molecule has 1 aliphatic rings. The maximum Gasteiger partial charge on any atom is 0.323 e. The van der Waals surface area contributed by atoms with E-state index in [0.717, 1.165) is 6.42 Å². The molecule has 0 unspecified atom stereocenters. The van der Waals surface area contributed by atoms with Gasteiger partial charge in [0.15, 0.2) is 0 Å². The number of carboxylic acids is 1. The number of hydrogen-bond acceptors (Lipinski definition) is 5. The number of carbonyl (C=O) groups excluding carboxylic acids is 1. The van der Waals surface area contributed by atoms with Crippen molar-refractivity contribution in [3.63, 3.8) is 0 Å². The van der Waals surface area contributed by atoms with Gasteiger partial charge in [-0.2, -0.15) is 0 Å². The third kappa shape index (κ3) is 6.08. The highest BCUT2D eigenvalue weighted by Crippen LogP contribution is 2.19. The van der Waals surface area contributed by atoms with Crippen LogP contribution in [0.4, 0.5) is 0 Å². The Labute approximate surface area is 137 Å². The van der Waals surface area contributed by atoms with Gasteiger partial charge in [-0.1, -0.05) is 6.92 Å². The topological polar surface area (TPSA) is 104 Å². The number of hydrogen-bond donors (Lipinski definition) is 1. The number of piperidine rings is 1. The van der Waals surface area contributed by atoms with E-state index >= 15 is 0 Å². The summed E-state index contributed by atoms with van der Waals surface area (Å²) in [6, 6.07) is -0.271. The minimum Gasteiger partial charge on any atom is -0.480 e. The predicted octanol–water partition coefficient (Wildman–Crippen LogP) is 0.140. The van der Waals surface area contributed by atoms with E-state index in [0.29, 0.717) is 32.5 Å². The molecule has 134 valence electrons. The SMILES string of the molecule is CCCOCC(=O)N(CC(=O)O)C1CCN(S(=O)(=O)CC)CC1. The van der Waals surface area contributed by atoms with E-state index in [9.17, 15) is 18.0 Å². The van der Waals surface area contributed by atoms with Crippen LogP contribution in [0.25, 0.3) is 0 Å². The van der Waals surface area contributed by atoms with Crippen molar-refractivity contribution in [3.05, 3.63) is 0 Å². The van der Waals surface area contributed by atoms with Crippen LogP contribution in [-0.2, 0) is 24.3 Å². The Balaban J connectivity index is 2.67. The lowest BCUT2D eigenvalue weighted by Gasteiger charge is -2.37. The Morgan fingerprint density at radius 1 is 1.26 bits per heavy atom. The summed E-state index contributed by atoms with van der Waals surface area (Å²) in [6.07, 6.45) is 1.65. The van der Waals surface area contributed by atoms with Gasteiger partial charge in [-0.25, -0.2) is 12.7 Å². The number of nitrogens with zero attached hydrogens (tertiary/aromatic N) is 2. The van der Waals surface area contributed by atoms with Crippen molar-refractivity contribution >= 4 is 21.9 Å². The van der Waals surface area contributed by atoms with Gasteiger partial charge in [0.05, 0.1) is 5.75 Å². The van der Waals surface area contributed by atoms with E-state index in [-0.39, 0.29) is 30.9 Å². The zero-order chi connectivity index (χ0) is 17.5. The Bertz CT molecular complexity index is 499. The van der Waals surface area contributed by atoms with Gasteiger partial charge in [0.25, 0.3) is 0 Å². The van der Waals surface area contributed by atoms with E-state index in [1.54, 1.807) is 6.92 Å². The van der Waals surface area contributed by atoms with Gasteiger partial charge in [0, 0.05) is 25.7 Å². The van der Waals surface area contributed by atoms with Crippen LogP contribution in [0.15, 0.2) is 0 Å². The lowest BCUT2D eigenvalue weighted by atomic mass is 10.0. The second kappa shape index (κ2) is 9.19. The van der Waals surface area contributed by atoms with E-state index < -0.39 is 16.0 Å². The number of carbonyl (C=O) groups is 2. The van der Waals surface area contributed by atoms with Crippen LogP contribution >= 0.6 is 0 Å². The van der Waals surface area contributed by atoms with Crippen molar-refractivity contribution < 1.29 is 27.9 Å². The second-order valence-electron chi connectivity index (χ2n) is 5.50. The molecule has 1 fully saturated rings. The summed E-state index contributed by atoms with van der Waals surface area (Å²) in [5.74, 6) is -1.41. The third-order valence-corrected chi connectivity index (χ3v) is 5.70. The van der Waals surface area contributed by atoms with Gasteiger partial charge < -0.3 is 14.7 Å². The smallest absolute Gasteiger partial charge is 0.323 e. The summed E-state index contributed by atoms with van der Waals surface area (Å²) in [5, 5.41) is 9.01. The normalized spacial score (nSPS) is 17.1. The lowest BCUT2D eigenvalue weighted by Crippen LogP contribution is -2.51. The van der Waals surface area contributed by atoms with Crippen LogP contribution in [-0.4, -0.2) is 79.2 Å². The molecular formula is C14H26N2O6S. The number of sulfonamides is 1. The van der Waals surface area contributed by atoms with Gasteiger partial charge in [-0.05, 0) is 26.2 Å². The first-order valence-electron chi connectivity index (χ1n) is 7.88. The highest BCUT2D eigenvalue weighted by atomic mass is 32.2. The summed E-state index contributed by atoms with van der Waals surface area (Å²) in [4.78, 5) is 24.5. The number of amides is 1. The standard InChI is InChI=1S/C14H26N2O6S/c1-3-9-22-11-13(17)16(10-14(18)19)12-5-7-15(8-6-12)23(20,21)4-2/h12H,3-11H2,1-2H3,(H,18,19). The molecule has 0 aromatic carbocycles. The number of aliphatic carboxylic acids is 1. The van der Waals surface area contributed by atoms with Crippen molar-refractivity contribution in [1.82, 2.24) is 9.21 Å². The molecule has 1 amide bonds. The monoisotopic (exact) mass is 350 g/mol.